The van der Waals surface area contributed by atoms with Crippen LogP contribution < -0.4 is 11.2 Å². The fraction of sp³-hybridized carbons (Fsp3) is 0.500. The van der Waals surface area contributed by atoms with Crippen LogP contribution in [0.15, 0.2) is 15.8 Å². The number of hydrogen-bond donors (Lipinski definition) is 0. The number of halogens is 1. The Kier molecular flexibility index (Phi) is 3.29. The molecule has 4 nitrogen and oxygen atoms in total. The molecule has 0 radical (unpaired) electrons. The van der Waals surface area contributed by atoms with Crippen molar-refractivity contribution in [3.8, 4) is 0 Å². The Balaban J connectivity index is 3.42. The molecular formula is C8H11IN2O2. The molecule has 72 valence electrons. The van der Waals surface area contributed by atoms with E-state index in [4.69, 9.17) is 0 Å². The lowest BCUT2D eigenvalue weighted by Gasteiger charge is -2.05. The van der Waals surface area contributed by atoms with E-state index in [1.165, 1.54) is 7.05 Å². The highest BCUT2D eigenvalue weighted by Crippen LogP contribution is 1.94. The van der Waals surface area contributed by atoms with Crippen molar-refractivity contribution in [3.05, 3.63) is 30.6 Å². The fourth-order valence-electron chi connectivity index (χ4n) is 1.09. The summed E-state index contributed by atoms with van der Waals surface area (Å²) >= 11 is 1.94. The van der Waals surface area contributed by atoms with Gasteiger partial charge < -0.3 is 0 Å². The van der Waals surface area contributed by atoms with E-state index in [1.54, 1.807) is 10.8 Å². The fourth-order valence-corrected chi connectivity index (χ4v) is 1.79. The SMILES string of the molecule is CCCn1cc(I)c(=O)n(C)c1=O. The second-order valence-electron chi connectivity index (χ2n) is 2.82. The molecule has 0 aromatic carbocycles. The Bertz CT molecular complexity index is 419. The van der Waals surface area contributed by atoms with E-state index < -0.39 is 0 Å². The number of aryl methyl sites for hydroxylation is 1. The van der Waals surface area contributed by atoms with E-state index in [0.29, 0.717) is 10.1 Å². The number of hydrogen-bond acceptors (Lipinski definition) is 2. The van der Waals surface area contributed by atoms with Crippen molar-refractivity contribution in [1.82, 2.24) is 9.13 Å². The first-order valence-corrected chi connectivity index (χ1v) is 5.11. The average molecular weight is 294 g/mol. The molecule has 1 aromatic rings. The molecule has 0 N–H and O–H groups in total. The number of nitrogens with zero attached hydrogens (tertiary/aromatic N) is 2. The van der Waals surface area contributed by atoms with Crippen LogP contribution in [0.4, 0.5) is 0 Å². The van der Waals surface area contributed by atoms with Gasteiger partial charge in [0, 0.05) is 19.8 Å². The highest BCUT2D eigenvalue weighted by molar-refractivity contribution is 14.1. The Morgan fingerprint density at radius 1 is 1.46 bits per heavy atom. The van der Waals surface area contributed by atoms with Gasteiger partial charge in [-0.1, -0.05) is 6.92 Å². The molecule has 0 aliphatic heterocycles. The van der Waals surface area contributed by atoms with Crippen LogP contribution in [0.1, 0.15) is 13.3 Å². The van der Waals surface area contributed by atoms with Crippen molar-refractivity contribution in [2.75, 3.05) is 0 Å². The largest absolute Gasteiger partial charge is 0.330 e. The van der Waals surface area contributed by atoms with Crippen molar-refractivity contribution in [3.63, 3.8) is 0 Å². The molecule has 13 heavy (non-hydrogen) atoms. The van der Waals surface area contributed by atoms with Crippen LogP contribution in [0.2, 0.25) is 0 Å². The zero-order chi connectivity index (χ0) is 10.0. The summed E-state index contributed by atoms with van der Waals surface area (Å²) in [6.45, 7) is 2.65. The standard InChI is InChI=1S/C8H11IN2O2/c1-3-4-11-5-6(9)7(12)10(2)8(11)13/h5H,3-4H2,1-2H3. The Morgan fingerprint density at radius 3 is 2.62 bits per heavy atom. The summed E-state index contributed by atoms with van der Waals surface area (Å²) in [7, 11) is 1.50. The van der Waals surface area contributed by atoms with Gasteiger partial charge in [0.25, 0.3) is 5.56 Å². The molecule has 0 aliphatic carbocycles. The van der Waals surface area contributed by atoms with E-state index in [1.807, 2.05) is 29.5 Å². The summed E-state index contributed by atoms with van der Waals surface area (Å²) < 4.78 is 3.27. The Morgan fingerprint density at radius 2 is 2.08 bits per heavy atom. The van der Waals surface area contributed by atoms with Crippen molar-refractivity contribution in [2.24, 2.45) is 7.05 Å². The highest BCUT2D eigenvalue weighted by Gasteiger charge is 2.04. The van der Waals surface area contributed by atoms with Gasteiger partial charge in [-0.05, 0) is 29.0 Å². The lowest BCUT2D eigenvalue weighted by Crippen LogP contribution is -2.38. The maximum absolute atomic E-state index is 11.5. The molecule has 0 fully saturated rings. The molecule has 0 aliphatic rings. The molecule has 0 saturated heterocycles. The Hall–Kier alpha value is -0.590. The first kappa shape index (κ1) is 10.5. The maximum Gasteiger partial charge on any atom is 0.330 e. The normalized spacial score (nSPS) is 10.4. The van der Waals surface area contributed by atoms with E-state index in [0.717, 1.165) is 11.0 Å². The van der Waals surface area contributed by atoms with Gasteiger partial charge in [0.15, 0.2) is 0 Å². The third-order valence-corrected chi connectivity index (χ3v) is 2.52. The second-order valence-corrected chi connectivity index (χ2v) is 3.98. The molecule has 1 heterocycles. The lowest BCUT2D eigenvalue weighted by atomic mass is 10.4. The van der Waals surface area contributed by atoms with Crippen LogP contribution in [0.3, 0.4) is 0 Å². The van der Waals surface area contributed by atoms with Gasteiger partial charge in [-0.2, -0.15) is 0 Å². The number of rotatable bonds is 2. The molecule has 5 heteroatoms. The van der Waals surface area contributed by atoms with Crippen LogP contribution in [0.25, 0.3) is 0 Å². The summed E-state index contributed by atoms with van der Waals surface area (Å²) in [5.74, 6) is 0. The minimum Gasteiger partial charge on any atom is -0.299 e. The van der Waals surface area contributed by atoms with Gasteiger partial charge in [0.2, 0.25) is 0 Å². The van der Waals surface area contributed by atoms with Crippen LogP contribution in [-0.4, -0.2) is 9.13 Å². The highest BCUT2D eigenvalue weighted by atomic mass is 127. The van der Waals surface area contributed by atoms with E-state index in [-0.39, 0.29) is 11.2 Å². The molecule has 1 aromatic heterocycles. The molecule has 0 atom stereocenters. The third-order valence-electron chi connectivity index (χ3n) is 1.78. The summed E-state index contributed by atoms with van der Waals surface area (Å²) in [6.07, 6.45) is 2.49. The quantitative estimate of drug-likeness (QED) is 0.748. The average Bonchev–Trinajstić information content (AvgIpc) is 2.11. The zero-order valence-corrected chi connectivity index (χ0v) is 9.74. The van der Waals surface area contributed by atoms with Gasteiger partial charge in [-0.3, -0.25) is 13.9 Å². The van der Waals surface area contributed by atoms with E-state index in [9.17, 15) is 9.59 Å². The molecule has 0 bridgehead atoms. The second kappa shape index (κ2) is 4.08. The van der Waals surface area contributed by atoms with Crippen molar-refractivity contribution in [1.29, 1.82) is 0 Å². The maximum atomic E-state index is 11.5. The van der Waals surface area contributed by atoms with E-state index in [2.05, 4.69) is 0 Å². The van der Waals surface area contributed by atoms with Gasteiger partial charge >= 0.3 is 5.69 Å². The molecule has 0 amide bonds. The van der Waals surface area contributed by atoms with Crippen molar-refractivity contribution < 1.29 is 0 Å². The van der Waals surface area contributed by atoms with Gasteiger partial charge in [0.1, 0.15) is 0 Å². The smallest absolute Gasteiger partial charge is 0.299 e. The van der Waals surface area contributed by atoms with E-state index >= 15 is 0 Å². The minimum absolute atomic E-state index is 0.224. The lowest BCUT2D eigenvalue weighted by molar-refractivity contribution is 0.586. The minimum atomic E-state index is -0.243. The molecule has 0 unspecified atom stereocenters. The predicted octanol–water partition coefficient (Wildman–Crippen LogP) is 0.562. The van der Waals surface area contributed by atoms with Crippen molar-refractivity contribution >= 4 is 22.6 Å². The summed E-state index contributed by atoms with van der Waals surface area (Å²) in [5, 5.41) is 0. The first-order chi connectivity index (χ1) is 6.07. The third kappa shape index (κ3) is 2.01. The first-order valence-electron chi connectivity index (χ1n) is 4.04. The van der Waals surface area contributed by atoms with Crippen LogP contribution in [0, 0.1) is 3.57 Å². The number of aromatic nitrogens is 2. The molecule has 0 spiro atoms. The van der Waals surface area contributed by atoms with Gasteiger partial charge in [-0.25, -0.2) is 4.79 Å². The monoisotopic (exact) mass is 294 g/mol. The predicted molar refractivity (Wildman–Crippen MR) is 59.0 cm³/mol. The van der Waals surface area contributed by atoms with Crippen LogP contribution >= 0.6 is 22.6 Å². The molecule has 1 rings (SSSR count). The van der Waals surface area contributed by atoms with Gasteiger partial charge in [0.05, 0.1) is 3.57 Å². The summed E-state index contributed by atoms with van der Waals surface area (Å²) in [4.78, 5) is 22.7. The molecule has 0 saturated carbocycles. The summed E-state index contributed by atoms with van der Waals surface area (Å²) in [6, 6.07) is 0. The Labute approximate surface area is 89.3 Å². The van der Waals surface area contributed by atoms with Gasteiger partial charge in [-0.15, -0.1) is 0 Å². The summed E-state index contributed by atoms with van der Waals surface area (Å²) in [5.41, 5.74) is -0.467. The van der Waals surface area contributed by atoms with Crippen LogP contribution in [0.5, 0.6) is 0 Å². The van der Waals surface area contributed by atoms with Crippen LogP contribution in [-0.2, 0) is 13.6 Å². The van der Waals surface area contributed by atoms with Crippen molar-refractivity contribution in [2.45, 2.75) is 19.9 Å². The molecular weight excluding hydrogens is 283 g/mol. The topological polar surface area (TPSA) is 44.0 Å². The zero-order valence-electron chi connectivity index (χ0n) is 7.58.